The first-order chi connectivity index (χ1) is 8.13. The first-order valence-corrected chi connectivity index (χ1v) is 7.96. The van der Waals surface area contributed by atoms with Crippen LogP contribution in [0.1, 0.15) is 25.5 Å². The van der Waals surface area contributed by atoms with Crippen molar-refractivity contribution in [1.82, 2.24) is 0 Å². The van der Waals surface area contributed by atoms with E-state index in [4.69, 9.17) is 34.8 Å². The Balaban J connectivity index is 3.26. The smallest absolute Gasteiger partial charge is 0.172 e. The number of alkyl halides is 1. The molecular formula is C11H13Cl3O3S. The summed E-state index contributed by atoms with van der Waals surface area (Å²) in [5.74, 6) is -0.171. The van der Waals surface area contributed by atoms with Gasteiger partial charge in [0.2, 0.25) is 0 Å². The summed E-state index contributed by atoms with van der Waals surface area (Å²) in [6.45, 7) is 2.72. The summed E-state index contributed by atoms with van der Waals surface area (Å²) in [6.07, 6.45) is -1.44. The van der Waals surface area contributed by atoms with Gasteiger partial charge in [-0.15, -0.1) is 0 Å². The zero-order valence-corrected chi connectivity index (χ0v) is 12.9. The van der Waals surface area contributed by atoms with E-state index in [0.717, 1.165) is 0 Å². The van der Waals surface area contributed by atoms with E-state index in [9.17, 15) is 13.5 Å². The van der Waals surface area contributed by atoms with Gasteiger partial charge in [0.05, 0.1) is 0 Å². The Kier molecular flexibility index (Phi) is 4.95. The van der Waals surface area contributed by atoms with Crippen LogP contribution in [0.2, 0.25) is 10.0 Å². The number of benzene rings is 1. The van der Waals surface area contributed by atoms with Crippen molar-refractivity contribution in [2.45, 2.75) is 24.2 Å². The third-order valence-electron chi connectivity index (χ3n) is 2.73. The van der Waals surface area contributed by atoms with E-state index in [1.54, 1.807) is 0 Å². The molecule has 0 bridgehead atoms. The maximum Gasteiger partial charge on any atom is 0.172 e. The first-order valence-electron chi connectivity index (χ1n) is 5.17. The molecule has 1 N–H and O–H groups in total. The molecule has 102 valence electrons. The molecule has 0 radical (unpaired) electrons. The van der Waals surface area contributed by atoms with E-state index < -0.39 is 20.1 Å². The second-order valence-corrected chi connectivity index (χ2v) is 8.47. The SMILES string of the molecule is CCS(=O)(=O)C(C)(Cl)C(O)c1ccc(Cl)cc1Cl. The van der Waals surface area contributed by atoms with Gasteiger partial charge in [0.1, 0.15) is 6.10 Å². The van der Waals surface area contributed by atoms with E-state index in [0.29, 0.717) is 5.02 Å². The second kappa shape index (κ2) is 5.55. The minimum Gasteiger partial charge on any atom is -0.385 e. The molecule has 0 heterocycles. The lowest BCUT2D eigenvalue weighted by molar-refractivity contribution is 0.163. The summed E-state index contributed by atoms with van der Waals surface area (Å²) in [5.41, 5.74) is 0.232. The monoisotopic (exact) mass is 330 g/mol. The van der Waals surface area contributed by atoms with Crippen LogP contribution < -0.4 is 0 Å². The summed E-state index contributed by atoms with van der Waals surface area (Å²) in [4.78, 5) is 0. The van der Waals surface area contributed by atoms with Crippen molar-refractivity contribution < 1.29 is 13.5 Å². The van der Waals surface area contributed by atoms with Gasteiger partial charge in [-0.2, -0.15) is 0 Å². The highest BCUT2D eigenvalue weighted by atomic mass is 35.5. The largest absolute Gasteiger partial charge is 0.385 e. The molecule has 1 rings (SSSR count). The zero-order chi connectivity index (χ0) is 14.1. The molecule has 0 amide bonds. The molecule has 1 aromatic rings. The molecule has 2 unspecified atom stereocenters. The summed E-state index contributed by atoms with van der Waals surface area (Å²) in [7, 11) is -3.65. The van der Waals surface area contributed by atoms with Crippen molar-refractivity contribution in [3.8, 4) is 0 Å². The Labute approximate surface area is 122 Å². The molecule has 0 aliphatic carbocycles. The fraction of sp³-hybridized carbons (Fsp3) is 0.455. The number of halogens is 3. The highest BCUT2D eigenvalue weighted by Crippen LogP contribution is 2.40. The fourth-order valence-electron chi connectivity index (χ4n) is 1.45. The van der Waals surface area contributed by atoms with Crippen LogP contribution in [0.5, 0.6) is 0 Å². The van der Waals surface area contributed by atoms with Crippen molar-refractivity contribution in [1.29, 1.82) is 0 Å². The van der Waals surface area contributed by atoms with E-state index in [-0.39, 0.29) is 16.3 Å². The van der Waals surface area contributed by atoms with Gasteiger partial charge in [-0.1, -0.05) is 47.8 Å². The zero-order valence-electron chi connectivity index (χ0n) is 9.82. The van der Waals surface area contributed by atoms with Crippen LogP contribution in [0.15, 0.2) is 18.2 Å². The summed E-state index contributed by atoms with van der Waals surface area (Å²) < 4.78 is 21.9. The molecule has 3 nitrogen and oxygen atoms in total. The Hall–Kier alpha value is -0.000000000000000111. The standard InChI is InChI=1S/C11H13Cl3O3S/c1-3-18(16,17)11(2,14)10(15)8-5-4-7(12)6-9(8)13/h4-6,10,15H,3H2,1-2H3. The van der Waals surface area contributed by atoms with Crippen LogP contribution in [0.25, 0.3) is 0 Å². The van der Waals surface area contributed by atoms with Gasteiger partial charge in [-0.05, 0) is 19.1 Å². The van der Waals surface area contributed by atoms with Crippen LogP contribution in [-0.4, -0.2) is 23.5 Å². The predicted molar refractivity (Wildman–Crippen MR) is 75.1 cm³/mol. The summed E-state index contributed by atoms with van der Waals surface area (Å²) in [5, 5.41) is 10.7. The Morgan fingerprint density at radius 2 is 1.94 bits per heavy atom. The molecular weight excluding hydrogens is 319 g/mol. The lowest BCUT2D eigenvalue weighted by Gasteiger charge is -2.28. The topological polar surface area (TPSA) is 54.4 Å². The average Bonchev–Trinajstić information content (AvgIpc) is 2.28. The van der Waals surface area contributed by atoms with Gasteiger partial charge < -0.3 is 5.11 Å². The number of hydrogen-bond donors (Lipinski definition) is 1. The van der Waals surface area contributed by atoms with Crippen LogP contribution in [-0.2, 0) is 9.84 Å². The van der Waals surface area contributed by atoms with Crippen molar-refractivity contribution in [3.05, 3.63) is 33.8 Å². The maximum absolute atomic E-state index is 11.9. The molecule has 18 heavy (non-hydrogen) atoms. The Morgan fingerprint density at radius 1 is 1.39 bits per heavy atom. The normalized spacial score (nSPS) is 17.2. The van der Waals surface area contributed by atoms with E-state index in [2.05, 4.69) is 0 Å². The molecule has 0 aromatic heterocycles. The predicted octanol–water partition coefficient (Wildman–Crippen LogP) is 3.42. The Morgan fingerprint density at radius 3 is 2.39 bits per heavy atom. The van der Waals surface area contributed by atoms with Crippen LogP contribution in [0.4, 0.5) is 0 Å². The van der Waals surface area contributed by atoms with Crippen molar-refractivity contribution in [2.75, 3.05) is 5.75 Å². The molecule has 0 aliphatic rings. The molecule has 0 spiro atoms. The van der Waals surface area contributed by atoms with Gasteiger partial charge in [0.25, 0.3) is 0 Å². The average molecular weight is 332 g/mol. The molecule has 2 atom stereocenters. The van der Waals surface area contributed by atoms with Gasteiger partial charge in [-0.3, -0.25) is 0 Å². The molecule has 0 aliphatic heterocycles. The van der Waals surface area contributed by atoms with Crippen LogP contribution in [0, 0.1) is 0 Å². The van der Waals surface area contributed by atoms with Gasteiger partial charge in [-0.25, -0.2) is 8.42 Å². The van der Waals surface area contributed by atoms with Gasteiger partial charge in [0, 0.05) is 21.4 Å². The molecule has 0 fully saturated rings. The summed E-state index contributed by atoms with van der Waals surface area (Å²) >= 11 is 17.7. The molecule has 0 saturated heterocycles. The fourth-order valence-corrected chi connectivity index (χ4v) is 3.44. The van der Waals surface area contributed by atoms with Crippen molar-refractivity contribution in [2.24, 2.45) is 0 Å². The van der Waals surface area contributed by atoms with Crippen LogP contribution >= 0.6 is 34.8 Å². The van der Waals surface area contributed by atoms with Gasteiger partial charge in [0.15, 0.2) is 14.0 Å². The number of hydrogen-bond acceptors (Lipinski definition) is 3. The van der Waals surface area contributed by atoms with Crippen molar-refractivity contribution >= 4 is 44.6 Å². The maximum atomic E-state index is 11.9. The highest BCUT2D eigenvalue weighted by Gasteiger charge is 2.44. The third kappa shape index (κ3) is 2.94. The van der Waals surface area contributed by atoms with Crippen LogP contribution in [0.3, 0.4) is 0 Å². The number of aliphatic hydroxyl groups is 1. The third-order valence-corrected chi connectivity index (χ3v) is 6.41. The minimum absolute atomic E-state index is 0.171. The molecule has 0 saturated carbocycles. The lowest BCUT2D eigenvalue weighted by Crippen LogP contribution is -2.37. The van der Waals surface area contributed by atoms with E-state index in [1.807, 2.05) is 0 Å². The van der Waals surface area contributed by atoms with Crippen molar-refractivity contribution in [3.63, 3.8) is 0 Å². The number of aliphatic hydroxyl groups excluding tert-OH is 1. The first kappa shape index (κ1) is 16.1. The number of rotatable bonds is 4. The quantitative estimate of drug-likeness (QED) is 0.860. The molecule has 7 heteroatoms. The minimum atomic E-state index is -3.65. The highest BCUT2D eigenvalue weighted by molar-refractivity contribution is 7.94. The van der Waals surface area contributed by atoms with Gasteiger partial charge >= 0.3 is 0 Å². The number of sulfone groups is 1. The lowest BCUT2D eigenvalue weighted by atomic mass is 10.1. The van der Waals surface area contributed by atoms with E-state index >= 15 is 0 Å². The molecule has 1 aromatic carbocycles. The Bertz CT molecular complexity index is 540. The van der Waals surface area contributed by atoms with E-state index in [1.165, 1.54) is 32.0 Å². The summed E-state index contributed by atoms with van der Waals surface area (Å²) in [6, 6.07) is 4.39. The second-order valence-electron chi connectivity index (χ2n) is 3.96.